The zero-order valence-electron chi connectivity index (χ0n) is 7.08. The number of nitrogens with zero attached hydrogens (tertiary/aromatic N) is 2. The summed E-state index contributed by atoms with van der Waals surface area (Å²) in [4.78, 5) is 4.11. The van der Waals surface area contributed by atoms with E-state index in [1.54, 1.807) is 30.5 Å². The molecular weight excluding hydrogens is 200 g/mol. The normalized spacial score (nSPS) is 10.0. The van der Waals surface area contributed by atoms with Gasteiger partial charge in [0.2, 0.25) is 0 Å². The average molecular weight is 206 g/mol. The van der Waals surface area contributed by atoms with Gasteiger partial charge in [-0.05, 0) is 24.3 Å². The third-order valence-electron chi connectivity index (χ3n) is 1.77. The van der Waals surface area contributed by atoms with E-state index in [9.17, 15) is 8.42 Å². The molecule has 0 aliphatic carbocycles. The van der Waals surface area contributed by atoms with E-state index in [-0.39, 0.29) is 0 Å². The molecule has 14 heavy (non-hydrogen) atoms. The van der Waals surface area contributed by atoms with Crippen molar-refractivity contribution in [1.29, 1.82) is 0 Å². The van der Waals surface area contributed by atoms with Gasteiger partial charge in [-0.3, -0.25) is 4.98 Å². The zero-order chi connectivity index (χ0) is 9.97. The van der Waals surface area contributed by atoms with Gasteiger partial charge in [-0.2, -0.15) is 8.42 Å². The van der Waals surface area contributed by atoms with Crippen LogP contribution in [0.4, 0.5) is 5.69 Å². The van der Waals surface area contributed by atoms with Crippen LogP contribution in [0.1, 0.15) is 0 Å². The van der Waals surface area contributed by atoms with Gasteiger partial charge in [0.25, 0.3) is 0 Å². The Labute approximate surface area is 81.9 Å². The second kappa shape index (κ2) is 3.55. The number of pyridine rings is 1. The highest BCUT2D eigenvalue weighted by Crippen LogP contribution is 2.18. The molecule has 0 saturated carbocycles. The Hall–Kier alpha value is -1.75. The molecule has 4 nitrogen and oxygen atoms in total. The monoisotopic (exact) mass is 206 g/mol. The minimum absolute atomic E-state index is 0.416. The quantitative estimate of drug-likeness (QED) is 0.716. The molecule has 1 heterocycles. The van der Waals surface area contributed by atoms with Gasteiger partial charge < -0.3 is 0 Å². The summed E-state index contributed by atoms with van der Waals surface area (Å²) in [6.07, 6.45) is 1.69. The number of hydrogen-bond donors (Lipinski definition) is 0. The van der Waals surface area contributed by atoms with Crippen LogP contribution in [0.15, 0.2) is 40.9 Å². The lowest BCUT2D eigenvalue weighted by Crippen LogP contribution is -1.75. The van der Waals surface area contributed by atoms with E-state index < -0.39 is 10.5 Å². The van der Waals surface area contributed by atoms with Crippen molar-refractivity contribution in [2.45, 2.75) is 0 Å². The summed E-state index contributed by atoms with van der Waals surface area (Å²) in [6.45, 7) is 0. The number of fused-ring (bicyclic) bond motifs is 1. The molecule has 0 aliphatic rings. The minimum atomic E-state index is -2.40. The van der Waals surface area contributed by atoms with Crippen LogP contribution in [0.5, 0.6) is 0 Å². The fourth-order valence-electron chi connectivity index (χ4n) is 1.21. The smallest absolute Gasteiger partial charge is 0.256 e. The molecule has 1 aromatic carbocycles. The fourth-order valence-corrected chi connectivity index (χ4v) is 1.49. The van der Waals surface area contributed by atoms with Crippen molar-refractivity contribution in [1.82, 2.24) is 4.98 Å². The van der Waals surface area contributed by atoms with Crippen LogP contribution in [0.25, 0.3) is 10.9 Å². The lowest BCUT2D eigenvalue weighted by molar-refractivity contribution is 0.622. The molecule has 0 amide bonds. The maximum Gasteiger partial charge on any atom is 0.316 e. The number of hydrogen-bond acceptors (Lipinski definition) is 4. The predicted molar refractivity (Wildman–Crippen MR) is 52.8 cm³/mol. The van der Waals surface area contributed by atoms with E-state index in [0.29, 0.717) is 5.69 Å². The summed E-state index contributed by atoms with van der Waals surface area (Å²) in [6, 6.07) is 8.68. The Kier molecular flexibility index (Phi) is 2.24. The van der Waals surface area contributed by atoms with Gasteiger partial charge in [-0.1, -0.05) is 6.07 Å². The predicted octanol–water partition coefficient (Wildman–Crippen LogP) is 1.93. The van der Waals surface area contributed by atoms with E-state index in [0.717, 1.165) is 10.9 Å². The standard InChI is InChI=1S/C9H6N2O2S/c12-14(13)11-8-3-4-9-7(6-8)2-1-5-10-9/h1-6H. The van der Waals surface area contributed by atoms with Gasteiger partial charge in [-0.15, -0.1) is 4.36 Å². The van der Waals surface area contributed by atoms with Crippen molar-refractivity contribution < 1.29 is 8.42 Å². The number of benzene rings is 1. The second-order valence-electron chi connectivity index (χ2n) is 2.69. The first kappa shape index (κ1) is 8.83. The average Bonchev–Trinajstić information content (AvgIpc) is 2.17. The van der Waals surface area contributed by atoms with Crippen LogP contribution in [-0.4, -0.2) is 13.4 Å². The Balaban J connectivity index is 2.68. The third-order valence-corrected chi connectivity index (χ3v) is 2.13. The van der Waals surface area contributed by atoms with Crippen molar-refractivity contribution in [3.63, 3.8) is 0 Å². The van der Waals surface area contributed by atoms with Crippen LogP contribution in [0.2, 0.25) is 0 Å². The molecule has 0 saturated heterocycles. The fraction of sp³-hybridized carbons (Fsp3) is 0. The van der Waals surface area contributed by atoms with Crippen LogP contribution in [0, 0.1) is 0 Å². The molecule has 2 rings (SSSR count). The second-order valence-corrected chi connectivity index (χ2v) is 3.31. The van der Waals surface area contributed by atoms with Gasteiger partial charge >= 0.3 is 10.5 Å². The summed E-state index contributed by atoms with van der Waals surface area (Å²) in [5, 5.41) is 0.874. The lowest BCUT2D eigenvalue weighted by Gasteiger charge is -1.95. The summed E-state index contributed by atoms with van der Waals surface area (Å²) in [7, 11) is -2.40. The summed E-state index contributed by atoms with van der Waals surface area (Å²) >= 11 is 0. The lowest BCUT2D eigenvalue weighted by atomic mass is 10.2. The van der Waals surface area contributed by atoms with Crippen LogP contribution < -0.4 is 0 Å². The molecule has 0 unspecified atom stereocenters. The van der Waals surface area contributed by atoms with Gasteiger partial charge in [0.1, 0.15) is 0 Å². The highest BCUT2D eigenvalue weighted by Gasteiger charge is 1.94. The van der Waals surface area contributed by atoms with Crippen molar-refractivity contribution in [3.8, 4) is 0 Å². The van der Waals surface area contributed by atoms with E-state index in [2.05, 4.69) is 9.35 Å². The Morgan fingerprint density at radius 2 is 2.07 bits per heavy atom. The summed E-state index contributed by atoms with van der Waals surface area (Å²) < 4.78 is 24.0. The molecule has 70 valence electrons. The Morgan fingerprint density at radius 3 is 2.86 bits per heavy atom. The van der Waals surface area contributed by atoms with Gasteiger partial charge in [0.15, 0.2) is 0 Å². The van der Waals surface area contributed by atoms with E-state index >= 15 is 0 Å². The van der Waals surface area contributed by atoms with E-state index in [4.69, 9.17) is 0 Å². The Morgan fingerprint density at radius 1 is 1.21 bits per heavy atom. The zero-order valence-corrected chi connectivity index (χ0v) is 7.90. The first-order valence-corrected chi connectivity index (χ1v) is 4.95. The molecule has 0 radical (unpaired) electrons. The van der Waals surface area contributed by atoms with Gasteiger partial charge in [0.05, 0.1) is 11.2 Å². The molecule has 2 aromatic rings. The third kappa shape index (κ3) is 1.77. The largest absolute Gasteiger partial charge is 0.316 e. The molecule has 0 atom stereocenters. The topological polar surface area (TPSA) is 59.4 Å². The number of rotatable bonds is 1. The van der Waals surface area contributed by atoms with Crippen LogP contribution in [-0.2, 0) is 10.5 Å². The molecular formula is C9H6N2O2S. The van der Waals surface area contributed by atoms with Crippen LogP contribution >= 0.6 is 0 Å². The maximum absolute atomic E-state index is 10.3. The molecule has 0 N–H and O–H groups in total. The van der Waals surface area contributed by atoms with Crippen molar-refractivity contribution in [2.75, 3.05) is 0 Å². The molecule has 1 aromatic heterocycles. The maximum atomic E-state index is 10.3. The van der Waals surface area contributed by atoms with Crippen molar-refractivity contribution in [2.24, 2.45) is 4.36 Å². The van der Waals surface area contributed by atoms with E-state index in [1.165, 1.54) is 0 Å². The Bertz CT molecular complexity index is 597. The van der Waals surface area contributed by atoms with Gasteiger partial charge in [0, 0.05) is 11.6 Å². The highest BCUT2D eigenvalue weighted by molar-refractivity contribution is 7.61. The first-order chi connectivity index (χ1) is 6.75. The molecule has 5 heteroatoms. The molecule has 0 aliphatic heterocycles. The van der Waals surface area contributed by atoms with Crippen molar-refractivity contribution in [3.05, 3.63) is 36.5 Å². The van der Waals surface area contributed by atoms with Crippen molar-refractivity contribution >= 4 is 27.1 Å². The van der Waals surface area contributed by atoms with Crippen LogP contribution in [0.3, 0.4) is 0 Å². The molecule has 0 bridgehead atoms. The van der Waals surface area contributed by atoms with Gasteiger partial charge in [-0.25, -0.2) is 0 Å². The minimum Gasteiger partial charge on any atom is -0.256 e. The SMILES string of the molecule is O=S(=O)=Nc1ccc2ncccc2c1. The molecule has 0 fully saturated rings. The van der Waals surface area contributed by atoms with E-state index in [1.807, 2.05) is 6.07 Å². The number of aromatic nitrogens is 1. The highest BCUT2D eigenvalue weighted by atomic mass is 32.2. The first-order valence-electron chi connectivity index (χ1n) is 3.91. The summed E-state index contributed by atoms with van der Waals surface area (Å²) in [5.41, 5.74) is 1.24. The summed E-state index contributed by atoms with van der Waals surface area (Å²) in [5.74, 6) is 0. The molecule has 0 spiro atoms.